The van der Waals surface area contributed by atoms with E-state index in [4.69, 9.17) is 9.47 Å². The number of alkyl halides is 6. The summed E-state index contributed by atoms with van der Waals surface area (Å²) in [5.74, 6) is -3.22. The Kier molecular flexibility index (Phi) is 9.43. The highest BCUT2D eigenvalue weighted by Gasteiger charge is 2.42. The maximum atomic E-state index is 12.9. The molecule has 226 valence electrons. The van der Waals surface area contributed by atoms with E-state index in [2.05, 4.69) is 41.8 Å². The summed E-state index contributed by atoms with van der Waals surface area (Å²) < 4.78 is 86.3. The van der Waals surface area contributed by atoms with Gasteiger partial charge in [-0.2, -0.15) is 26.3 Å². The molecule has 0 fully saturated rings. The smallest absolute Gasteiger partial charge is 0.417 e. The van der Waals surface area contributed by atoms with E-state index in [0.717, 1.165) is 17.3 Å². The molecule has 1 N–H and O–H groups in total. The van der Waals surface area contributed by atoms with Crippen molar-refractivity contribution in [2.45, 2.75) is 32.4 Å². The van der Waals surface area contributed by atoms with Crippen molar-refractivity contribution in [2.24, 2.45) is 0 Å². The van der Waals surface area contributed by atoms with Gasteiger partial charge in [-0.3, -0.25) is 19.3 Å². The number of imide groups is 1. The summed E-state index contributed by atoms with van der Waals surface area (Å²) in [4.78, 5) is 44.7. The highest BCUT2D eigenvalue weighted by Crippen LogP contribution is 2.39. The minimum atomic E-state index is -4.64. The molecule has 10 nitrogen and oxygen atoms in total. The van der Waals surface area contributed by atoms with Gasteiger partial charge < -0.3 is 14.6 Å². The van der Waals surface area contributed by atoms with Crippen molar-refractivity contribution in [1.82, 2.24) is 9.97 Å². The van der Waals surface area contributed by atoms with Gasteiger partial charge in [0.1, 0.15) is 11.6 Å². The number of carbonyl (C=O) groups excluding carboxylic acids is 3. The Hall–Kier alpha value is -3.51. The van der Waals surface area contributed by atoms with E-state index in [1.807, 2.05) is 0 Å². The van der Waals surface area contributed by atoms with Gasteiger partial charge in [-0.1, -0.05) is 0 Å². The zero-order chi connectivity index (χ0) is 31.9. The number of aliphatic hydroxyl groups is 1. The number of hydrogen-bond donors (Lipinski definition) is 1. The third kappa shape index (κ3) is 6.14. The lowest BCUT2D eigenvalue weighted by Crippen LogP contribution is -2.36. The quantitative estimate of drug-likeness (QED) is 0.341. The number of nitrogens with zero attached hydrogens (tertiary/aromatic N) is 4. The van der Waals surface area contributed by atoms with Crippen molar-refractivity contribution in [3.8, 4) is 0 Å². The predicted molar refractivity (Wildman–Crippen MR) is 139 cm³/mol. The topological polar surface area (TPSA) is 122 Å². The van der Waals surface area contributed by atoms with Crippen LogP contribution in [0.2, 0.25) is 0 Å². The first kappa shape index (κ1) is 33.0. The number of amides is 3. The Labute approximate surface area is 249 Å². The summed E-state index contributed by atoms with van der Waals surface area (Å²) in [5.41, 5.74) is -1.89. The van der Waals surface area contributed by atoms with E-state index >= 15 is 0 Å². The van der Waals surface area contributed by atoms with E-state index in [9.17, 15) is 45.8 Å². The maximum absolute atomic E-state index is 12.9. The van der Waals surface area contributed by atoms with Gasteiger partial charge in [-0.15, -0.1) is 0 Å². The van der Waals surface area contributed by atoms with Gasteiger partial charge in [0.05, 0.1) is 36.5 Å². The molecule has 0 spiro atoms. The lowest BCUT2D eigenvalue weighted by molar-refractivity contribution is -0.139. The number of aromatic nitrogens is 2. The van der Waals surface area contributed by atoms with Crippen LogP contribution in [0.5, 0.6) is 0 Å². The van der Waals surface area contributed by atoms with Gasteiger partial charge in [-0.05, 0) is 57.8 Å². The number of hydrogen-bond acceptors (Lipinski definition) is 8. The van der Waals surface area contributed by atoms with Gasteiger partial charge in [-0.25, -0.2) is 14.9 Å². The van der Waals surface area contributed by atoms with Crippen LogP contribution in [0.3, 0.4) is 0 Å². The molecule has 2 aromatic heterocycles. The second kappa shape index (κ2) is 12.0. The van der Waals surface area contributed by atoms with Gasteiger partial charge in [0.25, 0.3) is 11.8 Å². The van der Waals surface area contributed by atoms with E-state index < -0.39 is 53.2 Å². The van der Waals surface area contributed by atoms with Gasteiger partial charge in [0.15, 0.2) is 17.7 Å². The molecule has 4 heterocycles. The largest absolute Gasteiger partial charge is 0.496 e. The summed E-state index contributed by atoms with van der Waals surface area (Å²) in [6.07, 6.45) is -8.94. The molecule has 0 saturated carbocycles. The Bertz CT molecular complexity index is 1530. The number of pyridine rings is 2. The maximum Gasteiger partial charge on any atom is 0.417 e. The molecule has 3 amide bonds. The van der Waals surface area contributed by atoms with Crippen LogP contribution in [0.4, 0.5) is 38.0 Å². The fourth-order valence-corrected chi connectivity index (χ4v) is 4.69. The molecule has 1 atom stereocenters. The van der Waals surface area contributed by atoms with E-state index in [-0.39, 0.29) is 37.4 Å². The monoisotopic (exact) mass is 730 g/mol. The van der Waals surface area contributed by atoms with Crippen molar-refractivity contribution < 1.29 is 55.3 Å². The molecule has 42 heavy (non-hydrogen) atoms. The molecule has 0 saturated heterocycles. The van der Waals surface area contributed by atoms with E-state index in [1.54, 1.807) is 0 Å². The van der Waals surface area contributed by atoms with E-state index in [0.29, 0.717) is 17.0 Å². The molecule has 2 aromatic rings. The number of halogens is 8. The number of aliphatic hydroxyl groups excluding tert-OH is 1. The summed E-state index contributed by atoms with van der Waals surface area (Å²) in [6, 6.07) is 1.32. The average molecular weight is 732 g/mol. The molecule has 0 bridgehead atoms. The van der Waals surface area contributed by atoms with Crippen LogP contribution >= 0.6 is 31.9 Å². The van der Waals surface area contributed by atoms with Crippen LogP contribution in [0, 0.1) is 0 Å². The van der Waals surface area contributed by atoms with Crippen LogP contribution in [0.15, 0.2) is 56.1 Å². The summed E-state index contributed by atoms with van der Waals surface area (Å²) in [7, 11) is 2.46. The van der Waals surface area contributed by atoms with Crippen LogP contribution in [-0.4, -0.2) is 53.2 Å². The van der Waals surface area contributed by atoms with Crippen LogP contribution in [0.1, 0.15) is 25.0 Å². The molecule has 0 aliphatic carbocycles. The lowest BCUT2D eigenvalue weighted by Gasteiger charge is -2.22. The Morgan fingerprint density at radius 1 is 0.786 bits per heavy atom. The molecule has 4 rings (SSSR count). The SMILES string of the molecule is COC1=C(C)C(=O)N(c2cc(C(F)(F)F)c(Br)cn2)C1=O.COC1=C(C)C(=O)N(c2cc(C(F)(F)F)c(Br)cn2)C1O. The summed E-state index contributed by atoms with van der Waals surface area (Å²) in [5, 5.41) is 10.00. The second-order valence-corrected chi connectivity index (χ2v) is 10.1. The minimum absolute atomic E-state index is 0.0146. The molecule has 1 unspecified atom stereocenters. The van der Waals surface area contributed by atoms with Gasteiger partial charge in [0, 0.05) is 21.3 Å². The Balaban J connectivity index is 0.000000230. The highest BCUT2D eigenvalue weighted by atomic mass is 79.9. The predicted octanol–water partition coefficient (Wildman–Crippen LogP) is 5.10. The number of methoxy groups -OCH3 is 2. The molecule has 0 aromatic carbocycles. The van der Waals surface area contributed by atoms with Crippen LogP contribution in [-0.2, 0) is 36.2 Å². The first-order valence-electron chi connectivity index (χ1n) is 11.2. The molecule has 0 radical (unpaired) electrons. The molecular weight excluding hydrogens is 714 g/mol. The second-order valence-electron chi connectivity index (χ2n) is 8.39. The van der Waals surface area contributed by atoms with Crippen molar-refractivity contribution in [3.63, 3.8) is 0 Å². The van der Waals surface area contributed by atoms with Crippen molar-refractivity contribution >= 4 is 61.2 Å². The fourth-order valence-electron chi connectivity index (χ4n) is 3.81. The zero-order valence-corrected chi connectivity index (χ0v) is 24.9. The first-order chi connectivity index (χ1) is 19.4. The standard InChI is InChI=1S/C12H10BrF3N2O3.C12H8BrF3N2O3/c2*1-5-9(21-2)11(20)18(10(5)19)8-3-6(12(14,15)16)7(13)4-17-8/h3-4,11,20H,1-2H3;3-4H,1-2H3. The number of anilines is 2. The average Bonchev–Trinajstić information content (AvgIpc) is 3.24. The van der Waals surface area contributed by atoms with Gasteiger partial charge in [0.2, 0.25) is 0 Å². The van der Waals surface area contributed by atoms with E-state index in [1.165, 1.54) is 28.1 Å². The first-order valence-corrected chi connectivity index (χ1v) is 12.8. The van der Waals surface area contributed by atoms with Crippen molar-refractivity contribution in [1.29, 1.82) is 0 Å². The third-order valence-electron chi connectivity index (χ3n) is 5.84. The molecule has 2 aliphatic rings. The molecule has 18 heteroatoms. The zero-order valence-electron chi connectivity index (χ0n) is 21.7. The number of ether oxygens (including phenoxy) is 2. The number of rotatable bonds is 4. The minimum Gasteiger partial charge on any atom is -0.496 e. The molecular formula is C24H18Br2F6N4O6. The summed E-state index contributed by atoms with van der Waals surface area (Å²) >= 11 is 5.50. The normalized spacial score (nSPS) is 17.7. The fraction of sp³-hybridized carbons (Fsp3) is 0.292. The van der Waals surface area contributed by atoms with Gasteiger partial charge >= 0.3 is 18.3 Å². The van der Waals surface area contributed by atoms with Crippen molar-refractivity contribution in [2.75, 3.05) is 24.0 Å². The van der Waals surface area contributed by atoms with Crippen LogP contribution < -0.4 is 9.80 Å². The van der Waals surface area contributed by atoms with Crippen LogP contribution in [0.25, 0.3) is 0 Å². The van der Waals surface area contributed by atoms with Crippen molar-refractivity contribution in [3.05, 3.63) is 67.3 Å². The highest BCUT2D eigenvalue weighted by molar-refractivity contribution is 9.10. The Morgan fingerprint density at radius 3 is 1.67 bits per heavy atom. The summed E-state index contributed by atoms with van der Waals surface area (Å²) in [6.45, 7) is 2.76. The third-order valence-corrected chi connectivity index (χ3v) is 7.11. The Morgan fingerprint density at radius 2 is 1.26 bits per heavy atom. The lowest BCUT2D eigenvalue weighted by atomic mass is 10.2. The number of carbonyl (C=O) groups is 3. The molecule has 2 aliphatic heterocycles.